The van der Waals surface area contributed by atoms with Gasteiger partial charge in [-0.25, -0.2) is 4.39 Å². The van der Waals surface area contributed by atoms with Crippen LogP contribution in [0.2, 0.25) is 0 Å². The van der Waals surface area contributed by atoms with Crippen LogP contribution in [0, 0.1) is 5.82 Å². The fourth-order valence-electron chi connectivity index (χ4n) is 2.45. The molecule has 6 nitrogen and oxygen atoms in total. The summed E-state index contributed by atoms with van der Waals surface area (Å²) in [5, 5.41) is 5.33. The van der Waals surface area contributed by atoms with Crippen LogP contribution in [-0.2, 0) is 20.7 Å². The van der Waals surface area contributed by atoms with E-state index in [1.165, 1.54) is 12.1 Å². The molecule has 0 saturated carbocycles. The normalized spacial score (nSPS) is 11.4. The molecule has 7 heteroatoms. The Labute approximate surface area is 163 Å². The van der Waals surface area contributed by atoms with Crippen LogP contribution in [0.15, 0.2) is 54.6 Å². The van der Waals surface area contributed by atoms with Crippen molar-refractivity contribution in [2.75, 3.05) is 13.2 Å². The van der Waals surface area contributed by atoms with Gasteiger partial charge in [-0.3, -0.25) is 14.4 Å². The van der Waals surface area contributed by atoms with E-state index in [9.17, 15) is 18.8 Å². The number of esters is 1. The minimum Gasteiger partial charge on any atom is -0.456 e. The monoisotopic (exact) mass is 386 g/mol. The largest absolute Gasteiger partial charge is 0.456 e. The lowest BCUT2D eigenvalue weighted by molar-refractivity contribution is -0.148. The number of halogens is 1. The Hall–Kier alpha value is -3.22. The number of ether oxygens (including phenoxy) is 1. The van der Waals surface area contributed by atoms with Crippen molar-refractivity contribution >= 4 is 17.8 Å². The Bertz CT molecular complexity index is 794. The summed E-state index contributed by atoms with van der Waals surface area (Å²) < 4.78 is 17.7. The Kier molecular flexibility index (Phi) is 8.14. The van der Waals surface area contributed by atoms with Crippen molar-refractivity contribution in [1.29, 1.82) is 0 Å². The Morgan fingerprint density at radius 3 is 2.39 bits per heavy atom. The van der Waals surface area contributed by atoms with Crippen LogP contribution in [0.5, 0.6) is 0 Å². The summed E-state index contributed by atoms with van der Waals surface area (Å²) in [4.78, 5) is 35.5. The minimum atomic E-state index is -0.574. The van der Waals surface area contributed by atoms with Crippen LogP contribution in [0.3, 0.4) is 0 Å². The highest BCUT2D eigenvalue weighted by molar-refractivity contribution is 5.94. The predicted molar refractivity (Wildman–Crippen MR) is 102 cm³/mol. The zero-order valence-corrected chi connectivity index (χ0v) is 15.6. The molecule has 0 heterocycles. The van der Waals surface area contributed by atoms with Crippen molar-refractivity contribution in [1.82, 2.24) is 10.6 Å². The second-order valence-electron chi connectivity index (χ2n) is 6.33. The number of nitrogens with one attached hydrogen (secondary N) is 2. The summed E-state index contributed by atoms with van der Waals surface area (Å²) >= 11 is 0. The molecular weight excluding hydrogens is 363 g/mol. The molecule has 0 saturated heterocycles. The van der Waals surface area contributed by atoms with E-state index in [2.05, 4.69) is 10.6 Å². The number of hydrogen-bond acceptors (Lipinski definition) is 4. The third-order valence-electron chi connectivity index (χ3n) is 3.90. The van der Waals surface area contributed by atoms with Gasteiger partial charge in [0, 0.05) is 18.2 Å². The van der Waals surface area contributed by atoms with Crippen LogP contribution >= 0.6 is 0 Å². The molecule has 1 atom stereocenters. The first-order chi connectivity index (χ1) is 13.4. The maximum absolute atomic E-state index is 12.8. The van der Waals surface area contributed by atoms with E-state index < -0.39 is 17.9 Å². The number of hydrogen-bond donors (Lipinski definition) is 2. The van der Waals surface area contributed by atoms with E-state index in [0.29, 0.717) is 18.5 Å². The molecule has 2 aromatic rings. The lowest BCUT2D eigenvalue weighted by Gasteiger charge is -2.13. The molecule has 0 aliphatic heterocycles. The minimum absolute atomic E-state index is 0.0402. The van der Waals surface area contributed by atoms with Crippen molar-refractivity contribution in [2.45, 2.75) is 25.8 Å². The van der Waals surface area contributed by atoms with Gasteiger partial charge in [0.2, 0.25) is 0 Å². The Morgan fingerprint density at radius 1 is 1.04 bits per heavy atom. The molecule has 2 aromatic carbocycles. The summed E-state index contributed by atoms with van der Waals surface area (Å²) in [5.74, 6) is -1.58. The van der Waals surface area contributed by atoms with Gasteiger partial charge < -0.3 is 15.4 Å². The number of amides is 2. The smallest absolute Gasteiger partial charge is 0.308 e. The summed E-state index contributed by atoms with van der Waals surface area (Å²) in [6, 6.07) is 14.2. The maximum Gasteiger partial charge on any atom is 0.308 e. The van der Waals surface area contributed by atoms with Crippen molar-refractivity contribution in [3.63, 3.8) is 0 Å². The number of benzene rings is 2. The van der Waals surface area contributed by atoms with Gasteiger partial charge in [-0.05, 0) is 43.2 Å². The first-order valence-electron chi connectivity index (χ1n) is 8.96. The standard InChI is InChI=1S/C21H23FN2O4/c1-15(24-21(27)17-5-3-2-4-6-17)13-20(26)28-14-19(25)23-12-11-16-7-9-18(22)10-8-16/h2-10,15H,11-14H2,1H3,(H,23,25)(H,24,27). The highest BCUT2D eigenvalue weighted by Crippen LogP contribution is 2.03. The summed E-state index contributed by atoms with van der Waals surface area (Å²) in [6.07, 6.45) is 0.504. The quantitative estimate of drug-likeness (QED) is 0.648. The molecule has 2 rings (SSSR count). The van der Waals surface area contributed by atoms with Crippen molar-refractivity contribution < 1.29 is 23.5 Å². The number of carbonyl (C=O) groups excluding carboxylic acids is 3. The first kappa shape index (κ1) is 21.1. The Morgan fingerprint density at radius 2 is 1.71 bits per heavy atom. The molecule has 0 radical (unpaired) electrons. The van der Waals surface area contributed by atoms with Crippen molar-refractivity contribution in [2.24, 2.45) is 0 Å². The van der Waals surface area contributed by atoms with E-state index in [4.69, 9.17) is 4.74 Å². The first-order valence-corrected chi connectivity index (χ1v) is 8.96. The van der Waals surface area contributed by atoms with Gasteiger partial charge in [-0.15, -0.1) is 0 Å². The summed E-state index contributed by atoms with van der Waals surface area (Å²) in [7, 11) is 0. The molecule has 28 heavy (non-hydrogen) atoms. The fourth-order valence-corrected chi connectivity index (χ4v) is 2.45. The maximum atomic E-state index is 12.8. The van der Waals surface area contributed by atoms with Gasteiger partial charge in [0.25, 0.3) is 11.8 Å². The van der Waals surface area contributed by atoms with Crippen LogP contribution in [0.25, 0.3) is 0 Å². The third kappa shape index (κ3) is 7.57. The van der Waals surface area contributed by atoms with Crippen LogP contribution in [0.4, 0.5) is 4.39 Å². The molecule has 0 aromatic heterocycles. The molecule has 148 valence electrons. The molecule has 0 spiro atoms. The van der Waals surface area contributed by atoms with Crippen LogP contribution < -0.4 is 10.6 Å². The second kappa shape index (κ2) is 10.8. The van der Waals surface area contributed by atoms with Crippen molar-refractivity contribution in [3.05, 3.63) is 71.5 Å². The van der Waals surface area contributed by atoms with Crippen LogP contribution in [0.1, 0.15) is 29.3 Å². The van der Waals surface area contributed by atoms with E-state index in [1.807, 2.05) is 6.07 Å². The van der Waals surface area contributed by atoms with Gasteiger partial charge >= 0.3 is 5.97 Å². The lowest BCUT2D eigenvalue weighted by Crippen LogP contribution is -2.35. The predicted octanol–water partition coefficient (Wildman–Crippen LogP) is 2.24. The molecule has 2 amide bonds. The van der Waals surface area contributed by atoms with E-state index >= 15 is 0 Å². The van der Waals surface area contributed by atoms with Gasteiger partial charge in [0.05, 0.1) is 6.42 Å². The average molecular weight is 386 g/mol. The third-order valence-corrected chi connectivity index (χ3v) is 3.90. The van der Waals surface area contributed by atoms with Gasteiger partial charge in [0.15, 0.2) is 6.61 Å². The Balaban J connectivity index is 1.62. The van der Waals surface area contributed by atoms with E-state index in [-0.39, 0.29) is 24.8 Å². The molecular formula is C21H23FN2O4. The zero-order valence-electron chi connectivity index (χ0n) is 15.6. The highest BCUT2D eigenvalue weighted by atomic mass is 19.1. The van der Waals surface area contributed by atoms with Gasteiger partial charge in [-0.2, -0.15) is 0 Å². The average Bonchev–Trinajstić information content (AvgIpc) is 2.68. The lowest BCUT2D eigenvalue weighted by atomic mass is 10.1. The molecule has 0 aliphatic rings. The molecule has 1 unspecified atom stereocenters. The number of rotatable bonds is 9. The van der Waals surface area contributed by atoms with Crippen molar-refractivity contribution in [3.8, 4) is 0 Å². The topological polar surface area (TPSA) is 84.5 Å². The summed E-state index contributed by atoms with van der Waals surface area (Å²) in [5.41, 5.74) is 1.39. The van der Waals surface area contributed by atoms with Gasteiger partial charge in [0.1, 0.15) is 5.82 Å². The number of carbonyl (C=O) groups is 3. The van der Waals surface area contributed by atoms with Gasteiger partial charge in [-0.1, -0.05) is 30.3 Å². The summed E-state index contributed by atoms with van der Waals surface area (Å²) in [6.45, 7) is 1.65. The highest BCUT2D eigenvalue weighted by Gasteiger charge is 2.15. The molecule has 2 N–H and O–H groups in total. The molecule has 0 fully saturated rings. The molecule has 0 aliphatic carbocycles. The molecule has 0 bridgehead atoms. The fraction of sp³-hybridized carbons (Fsp3) is 0.286. The van der Waals surface area contributed by atoms with E-state index in [0.717, 1.165) is 5.56 Å². The van der Waals surface area contributed by atoms with Crippen LogP contribution in [-0.4, -0.2) is 37.0 Å². The SMILES string of the molecule is CC(CC(=O)OCC(=O)NCCc1ccc(F)cc1)NC(=O)c1ccccc1. The second-order valence-corrected chi connectivity index (χ2v) is 6.33. The zero-order chi connectivity index (χ0) is 20.4. The van der Waals surface area contributed by atoms with E-state index in [1.54, 1.807) is 43.3 Å².